The number of carbonyl (C=O) groups excluding carboxylic acids is 2. The number of carbonyl (C=O) groups is 2. The predicted octanol–water partition coefficient (Wildman–Crippen LogP) is 5.18. The quantitative estimate of drug-likeness (QED) is 0.514. The first kappa shape index (κ1) is 23.6. The molecule has 3 aromatic rings. The van der Waals surface area contributed by atoms with Gasteiger partial charge in [0.1, 0.15) is 5.75 Å². The Labute approximate surface area is 189 Å². The van der Waals surface area contributed by atoms with Gasteiger partial charge < -0.3 is 15.4 Å². The molecule has 0 spiro atoms. The Balaban J connectivity index is 1.70. The van der Waals surface area contributed by atoms with Crippen molar-refractivity contribution in [1.29, 1.82) is 0 Å². The molecule has 3 rings (SSSR count). The van der Waals surface area contributed by atoms with Gasteiger partial charge in [0.25, 0.3) is 5.91 Å². The minimum Gasteiger partial charge on any atom is -0.497 e. The van der Waals surface area contributed by atoms with Crippen molar-refractivity contribution >= 4 is 23.3 Å². The number of hydrogen-bond donors (Lipinski definition) is 2. The zero-order valence-corrected chi connectivity index (χ0v) is 17.7. The van der Waals surface area contributed by atoms with E-state index >= 15 is 0 Å². The smallest absolute Gasteiger partial charge is 0.416 e. The first-order valence-electron chi connectivity index (χ1n) is 10.0. The van der Waals surface area contributed by atoms with Crippen molar-refractivity contribution in [3.05, 3.63) is 90.0 Å². The van der Waals surface area contributed by atoms with Crippen LogP contribution in [-0.2, 0) is 6.18 Å². The fourth-order valence-electron chi connectivity index (χ4n) is 3.07. The number of nitrogens with one attached hydrogen (secondary N) is 2. The summed E-state index contributed by atoms with van der Waals surface area (Å²) in [6, 6.07) is 19.0. The molecule has 0 aliphatic heterocycles. The Hall–Kier alpha value is -4.01. The maximum absolute atomic E-state index is 13.0. The van der Waals surface area contributed by atoms with Gasteiger partial charge in [0.05, 0.1) is 12.7 Å². The lowest BCUT2D eigenvalue weighted by Gasteiger charge is -2.23. The van der Waals surface area contributed by atoms with E-state index in [1.807, 2.05) is 0 Å². The molecular weight excluding hydrogens is 435 g/mol. The molecule has 0 unspecified atom stereocenters. The van der Waals surface area contributed by atoms with E-state index in [9.17, 15) is 22.8 Å². The molecule has 0 aliphatic rings. The zero-order valence-electron chi connectivity index (χ0n) is 17.7. The highest BCUT2D eigenvalue weighted by molar-refractivity contribution is 6.02. The van der Waals surface area contributed by atoms with E-state index in [-0.39, 0.29) is 24.7 Å². The Morgan fingerprint density at radius 2 is 1.67 bits per heavy atom. The second-order valence-electron chi connectivity index (χ2n) is 6.98. The second kappa shape index (κ2) is 10.5. The monoisotopic (exact) mass is 457 g/mol. The summed E-state index contributed by atoms with van der Waals surface area (Å²) in [5.74, 6) is 0.189. The van der Waals surface area contributed by atoms with Crippen LogP contribution in [0.1, 0.15) is 15.9 Å². The number of rotatable bonds is 7. The molecule has 172 valence electrons. The number of halogens is 3. The van der Waals surface area contributed by atoms with Gasteiger partial charge in [-0.1, -0.05) is 30.3 Å². The summed E-state index contributed by atoms with van der Waals surface area (Å²) in [5, 5.41) is 5.23. The lowest BCUT2D eigenvalue weighted by atomic mass is 10.2. The van der Waals surface area contributed by atoms with Crippen molar-refractivity contribution in [2.24, 2.45) is 0 Å². The van der Waals surface area contributed by atoms with Crippen LogP contribution in [-0.4, -0.2) is 32.1 Å². The number of nitrogens with zero attached hydrogens (tertiary/aromatic N) is 1. The number of hydrogen-bond acceptors (Lipinski definition) is 3. The highest BCUT2D eigenvalue weighted by Crippen LogP contribution is 2.30. The Kier molecular flexibility index (Phi) is 7.55. The van der Waals surface area contributed by atoms with Gasteiger partial charge in [-0.2, -0.15) is 13.2 Å². The molecule has 0 heterocycles. The summed E-state index contributed by atoms with van der Waals surface area (Å²) in [6.45, 7) is 0.200. The fraction of sp³-hybridized carbons (Fsp3) is 0.167. The van der Waals surface area contributed by atoms with Gasteiger partial charge in [0.15, 0.2) is 0 Å². The number of anilines is 2. The largest absolute Gasteiger partial charge is 0.497 e. The number of methoxy groups -OCH3 is 1. The van der Waals surface area contributed by atoms with Gasteiger partial charge in [-0.05, 0) is 48.5 Å². The minimum atomic E-state index is -4.52. The molecule has 0 aromatic heterocycles. The van der Waals surface area contributed by atoms with E-state index in [1.54, 1.807) is 54.6 Å². The fourth-order valence-corrected chi connectivity index (χ4v) is 3.07. The number of alkyl halides is 3. The van der Waals surface area contributed by atoms with Gasteiger partial charge in [0.2, 0.25) is 0 Å². The average Bonchev–Trinajstić information content (AvgIpc) is 2.82. The molecule has 2 N–H and O–H groups in total. The van der Waals surface area contributed by atoms with Crippen molar-refractivity contribution in [1.82, 2.24) is 5.32 Å². The minimum absolute atomic E-state index is 0.0103. The molecule has 0 aliphatic carbocycles. The highest BCUT2D eigenvalue weighted by atomic mass is 19.4. The molecule has 6 nitrogen and oxygen atoms in total. The van der Waals surface area contributed by atoms with Crippen LogP contribution in [0, 0.1) is 0 Å². The van der Waals surface area contributed by atoms with Crippen LogP contribution >= 0.6 is 0 Å². The van der Waals surface area contributed by atoms with Gasteiger partial charge in [-0.25, -0.2) is 4.79 Å². The number of para-hydroxylation sites is 1. The third-order valence-electron chi connectivity index (χ3n) is 4.71. The summed E-state index contributed by atoms with van der Waals surface area (Å²) in [4.78, 5) is 26.7. The second-order valence-corrected chi connectivity index (χ2v) is 6.98. The summed E-state index contributed by atoms with van der Waals surface area (Å²) in [7, 11) is 1.50. The highest BCUT2D eigenvalue weighted by Gasteiger charge is 2.30. The summed E-state index contributed by atoms with van der Waals surface area (Å²) >= 11 is 0. The van der Waals surface area contributed by atoms with E-state index in [4.69, 9.17) is 4.74 Å². The summed E-state index contributed by atoms with van der Waals surface area (Å²) in [6.07, 6.45) is -4.52. The summed E-state index contributed by atoms with van der Waals surface area (Å²) < 4.78 is 44.1. The van der Waals surface area contributed by atoms with Gasteiger partial charge >= 0.3 is 12.2 Å². The zero-order chi connectivity index (χ0) is 23.8. The van der Waals surface area contributed by atoms with Gasteiger partial charge in [-0.15, -0.1) is 0 Å². The third kappa shape index (κ3) is 6.49. The van der Waals surface area contributed by atoms with Gasteiger partial charge in [0, 0.05) is 30.0 Å². The Bertz CT molecular complexity index is 1100. The lowest BCUT2D eigenvalue weighted by Crippen LogP contribution is -2.41. The molecule has 3 amide bonds. The van der Waals surface area contributed by atoms with Gasteiger partial charge in [-0.3, -0.25) is 9.69 Å². The number of ether oxygens (including phenoxy) is 1. The van der Waals surface area contributed by atoms with Crippen LogP contribution in [0.3, 0.4) is 0 Å². The third-order valence-corrected chi connectivity index (χ3v) is 4.71. The van der Waals surface area contributed by atoms with Crippen LogP contribution in [0.5, 0.6) is 5.75 Å². The van der Waals surface area contributed by atoms with Crippen molar-refractivity contribution in [3.63, 3.8) is 0 Å². The summed E-state index contributed by atoms with van der Waals surface area (Å²) in [5.41, 5.74) is 0.0694. The molecule has 33 heavy (non-hydrogen) atoms. The molecule has 0 bridgehead atoms. The van der Waals surface area contributed by atoms with Crippen molar-refractivity contribution < 1.29 is 27.5 Å². The average molecular weight is 457 g/mol. The standard InChI is InChI=1S/C24H22F3N3O3/c1-33-21-12-5-7-17(15-21)22(31)28-13-14-30(20-10-3-2-4-11-20)23(32)29-19-9-6-8-18(16-19)24(25,26)27/h2-12,15-16H,13-14H2,1H3,(H,28,31)(H,29,32). The molecule has 0 fully saturated rings. The first-order valence-corrected chi connectivity index (χ1v) is 10.0. The number of amides is 3. The number of benzene rings is 3. The lowest BCUT2D eigenvalue weighted by molar-refractivity contribution is -0.137. The van der Waals surface area contributed by atoms with Crippen LogP contribution < -0.4 is 20.3 Å². The van der Waals surface area contributed by atoms with E-state index in [2.05, 4.69) is 10.6 Å². The van der Waals surface area contributed by atoms with E-state index < -0.39 is 17.8 Å². The Morgan fingerprint density at radius 3 is 2.36 bits per heavy atom. The maximum Gasteiger partial charge on any atom is 0.416 e. The number of urea groups is 1. The van der Waals surface area contributed by atoms with Crippen LogP contribution in [0.2, 0.25) is 0 Å². The molecule has 0 radical (unpaired) electrons. The van der Waals surface area contributed by atoms with E-state index in [0.29, 0.717) is 17.0 Å². The molecule has 3 aromatic carbocycles. The van der Waals surface area contributed by atoms with Crippen molar-refractivity contribution in [2.75, 3.05) is 30.4 Å². The maximum atomic E-state index is 13.0. The van der Waals surface area contributed by atoms with Crippen LogP contribution in [0.25, 0.3) is 0 Å². The van der Waals surface area contributed by atoms with E-state index in [0.717, 1.165) is 12.1 Å². The molecule has 0 atom stereocenters. The van der Waals surface area contributed by atoms with E-state index in [1.165, 1.54) is 24.1 Å². The SMILES string of the molecule is COc1cccc(C(=O)NCCN(C(=O)Nc2cccc(C(F)(F)F)c2)c2ccccc2)c1. The van der Waals surface area contributed by atoms with Crippen LogP contribution in [0.4, 0.5) is 29.3 Å². The molecule has 0 saturated heterocycles. The van der Waals surface area contributed by atoms with Crippen LogP contribution in [0.15, 0.2) is 78.9 Å². The van der Waals surface area contributed by atoms with Crippen molar-refractivity contribution in [2.45, 2.75) is 6.18 Å². The topological polar surface area (TPSA) is 70.7 Å². The Morgan fingerprint density at radius 1 is 0.939 bits per heavy atom. The molecular formula is C24H22F3N3O3. The predicted molar refractivity (Wildman–Crippen MR) is 120 cm³/mol. The normalized spacial score (nSPS) is 10.9. The molecule has 0 saturated carbocycles. The first-order chi connectivity index (χ1) is 15.8. The molecule has 9 heteroatoms. The van der Waals surface area contributed by atoms with Crippen molar-refractivity contribution in [3.8, 4) is 5.75 Å².